The summed E-state index contributed by atoms with van der Waals surface area (Å²) in [7, 11) is 0. The van der Waals surface area contributed by atoms with Crippen molar-refractivity contribution >= 4 is 5.69 Å². The molecule has 0 N–H and O–H groups in total. The van der Waals surface area contributed by atoms with E-state index in [0.29, 0.717) is 6.04 Å². The maximum atomic E-state index is 5.59. The Balaban J connectivity index is 2.34. The molecule has 2 rings (SSSR count). The molecule has 0 saturated heterocycles. The standard InChI is InChI=1S/C13H19N2O/c1-4-11(5-2)15-6-7-16-13-9-14-10(3)8-12(13)15/h8,11H,4-7H2,1-3H3. The van der Waals surface area contributed by atoms with E-state index in [1.165, 1.54) is 0 Å². The number of nitrogens with zero attached hydrogens (tertiary/aromatic N) is 2. The molecule has 3 nitrogen and oxygen atoms in total. The van der Waals surface area contributed by atoms with Crippen molar-refractivity contribution in [3.8, 4) is 5.75 Å². The van der Waals surface area contributed by atoms with Crippen LogP contribution >= 0.6 is 0 Å². The van der Waals surface area contributed by atoms with E-state index in [2.05, 4.69) is 36.0 Å². The van der Waals surface area contributed by atoms with Gasteiger partial charge in [0.25, 0.3) is 0 Å². The summed E-state index contributed by atoms with van der Waals surface area (Å²) in [4.78, 5) is 6.60. The van der Waals surface area contributed by atoms with Crippen molar-refractivity contribution in [2.75, 3.05) is 18.1 Å². The summed E-state index contributed by atoms with van der Waals surface area (Å²) in [5.41, 5.74) is 2.16. The Morgan fingerprint density at radius 2 is 2.25 bits per heavy atom. The Morgan fingerprint density at radius 3 is 2.94 bits per heavy atom. The van der Waals surface area contributed by atoms with Gasteiger partial charge in [0.15, 0.2) is 5.75 Å². The largest absolute Gasteiger partial charge is 0.487 e. The second kappa shape index (κ2) is 4.73. The summed E-state index contributed by atoms with van der Waals surface area (Å²) >= 11 is 0. The number of fused-ring (bicyclic) bond motifs is 1. The zero-order valence-electron chi connectivity index (χ0n) is 10.3. The summed E-state index contributed by atoms with van der Waals surface area (Å²) in [5.74, 6) is 0.809. The van der Waals surface area contributed by atoms with Crippen LogP contribution in [0.15, 0.2) is 6.07 Å². The topological polar surface area (TPSA) is 25.4 Å². The smallest absolute Gasteiger partial charge is 0.170 e. The fraction of sp³-hybridized carbons (Fsp3) is 0.615. The molecule has 0 saturated carbocycles. The second-order valence-electron chi connectivity index (χ2n) is 4.24. The molecule has 1 aromatic heterocycles. The Kier molecular flexibility index (Phi) is 3.32. The van der Waals surface area contributed by atoms with Gasteiger partial charge < -0.3 is 9.64 Å². The lowest BCUT2D eigenvalue weighted by Crippen LogP contribution is -2.40. The van der Waals surface area contributed by atoms with Gasteiger partial charge in [-0.2, -0.15) is 0 Å². The highest BCUT2D eigenvalue weighted by Gasteiger charge is 2.23. The lowest BCUT2D eigenvalue weighted by molar-refractivity contribution is 0.295. The van der Waals surface area contributed by atoms with Crippen molar-refractivity contribution in [2.24, 2.45) is 0 Å². The summed E-state index contributed by atoms with van der Waals surface area (Å²) in [6, 6.07) is 2.70. The first kappa shape index (κ1) is 11.2. The van der Waals surface area contributed by atoms with Gasteiger partial charge in [-0.05, 0) is 25.8 Å². The molecule has 0 amide bonds. The monoisotopic (exact) mass is 219 g/mol. The normalized spacial score (nSPS) is 14.9. The second-order valence-corrected chi connectivity index (χ2v) is 4.24. The highest BCUT2D eigenvalue weighted by Crippen LogP contribution is 2.33. The zero-order valence-corrected chi connectivity index (χ0v) is 10.3. The number of aryl methyl sites for hydroxylation is 1. The van der Waals surface area contributed by atoms with Crippen LogP contribution in [-0.2, 0) is 0 Å². The van der Waals surface area contributed by atoms with Crippen LogP contribution in [0.5, 0.6) is 5.75 Å². The van der Waals surface area contributed by atoms with Crippen molar-refractivity contribution in [3.63, 3.8) is 0 Å². The van der Waals surface area contributed by atoms with Gasteiger partial charge in [-0.15, -0.1) is 0 Å². The summed E-state index contributed by atoms with van der Waals surface area (Å²) in [6.07, 6.45) is 5.30. The fourth-order valence-electron chi connectivity index (χ4n) is 2.29. The molecule has 3 heteroatoms. The summed E-state index contributed by atoms with van der Waals surface area (Å²) < 4.78 is 5.59. The third-order valence-electron chi connectivity index (χ3n) is 3.18. The number of aromatic nitrogens is 1. The average Bonchev–Trinajstić information content (AvgIpc) is 2.31. The van der Waals surface area contributed by atoms with E-state index < -0.39 is 0 Å². The highest BCUT2D eigenvalue weighted by atomic mass is 16.5. The molecule has 16 heavy (non-hydrogen) atoms. The number of rotatable bonds is 3. The minimum Gasteiger partial charge on any atom is -0.487 e. The third-order valence-corrected chi connectivity index (χ3v) is 3.18. The molecule has 0 atom stereocenters. The molecule has 1 radical (unpaired) electrons. The lowest BCUT2D eigenvalue weighted by Gasteiger charge is -2.36. The van der Waals surface area contributed by atoms with Crippen molar-refractivity contribution in [3.05, 3.63) is 18.0 Å². The van der Waals surface area contributed by atoms with Gasteiger partial charge in [0.2, 0.25) is 0 Å². The first-order valence-corrected chi connectivity index (χ1v) is 6.05. The Morgan fingerprint density at radius 1 is 1.50 bits per heavy atom. The predicted molar refractivity (Wildman–Crippen MR) is 65.0 cm³/mol. The molecule has 0 bridgehead atoms. The van der Waals surface area contributed by atoms with E-state index in [4.69, 9.17) is 4.74 Å². The minimum atomic E-state index is 0.595. The van der Waals surface area contributed by atoms with Crippen molar-refractivity contribution < 1.29 is 4.74 Å². The number of hydrogen-bond donors (Lipinski definition) is 0. The van der Waals surface area contributed by atoms with Gasteiger partial charge in [-0.1, -0.05) is 13.8 Å². The average molecular weight is 219 g/mol. The van der Waals surface area contributed by atoms with Gasteiger partial charge in [-0.3, -0.25) is 0 Å². The van der Waals surface area contributed by atoms with Gasteiger partial charge in [0.1, 0.15) is 12.8 Å². The van der Waals surface area contributed by atoms with Crippen LogP contribution in [0.4, 0.5) is 5.69 Å². The van der Waals surface area contributed by atoms with Crippen LogP contribution in [-0.4, -0.2) is 24.2 Å². The molecule has 1 aliphatic rings. The lowest BCUT2D eigenvalue weighted by atomic mass is 10.1. The number of pyridine rings is 1. The van der Waals surface area contributed by atoms with E-state index in [-0.39, 0.29) is 0 Å². The molecular formula is C13H19N2O. The van der Waals surface area contributed by atoms with Gasteiger partial charge in [0.05, 0.1) is 12.2 Å². The fourth-order valence-corrected chi connectivity index (χ4v) is 2.29. The Labute approximate surface area is 97.4 Å². The van der Waals surface area contributed by atoms with Crippen molar-refractivity contribution in [1.82, 2.24) is 4.98 Å². The van der Waals surface area contributed by atoms with E-state index in [0.717, 1.165) is 43.1 Å². The molecule has 0 aliphatic carbocycles. The third kappa shape index (κ3) is 1.99. The van der Waals surface area contributed by atoms with E-state index >= 15 is 0 Å². The molecule has 1 aromatic rings. The number of ether oxygens (including phenoxy) is 1. The molecule has 0 unspecified atom stereocenters. The number of anilines is 1. The Bertz CT molecular complexity index is 361. The van der Waals surface area contributed by atoms with E-state index in [9.17, 15) is 0 Å². The van der Waals surface area contributed by atoms with Crippen LogP contribution < -0.4 is 9.64 Å². The quantitative estimate of drug-likeness (QED) is 0.781. The van der Waals surface area contributed by atoms with Crippen LogP contribution in [0.3, 0.4) is 0 Å². The maximum Gasteiger partial charge on any atom is 0.170 e. The van der Waals surface area contributed by atoms with E-state index in [1.54, 1.807) is 0 Å². The molecular weight excluding hydrogens is 200 g/mol. The molecule has 0 aromatic carbocycles. The van der Waals surface area contributed by atoms with Crippen LogP contribution in [0.2, 0.25) is 0 Å². The van der Waals surface area contributed by atoms with E-state index in [1.807, 2.05) is 6.92 Å². The molecule has 87 valence electrons. The van der Waals surface area contributed by atoms with Crippen LogP contribution in [0.1, 0.15) is 32.4 Å². The van der Waals surface area contributed by atoms with Crippen molar-refractivity contribution in [2.45, 2.75) is 39.7 Å². The SMILES string of the molecule is CCC(CC)N1CCOc2[c]nc(C)cc21. The first-order chi connectivity index (χ1) is 7.76. The zero-order chi connectivity index (χ0) is 11.5. The molecule has 1 aliphatic heterocycles. The molecule has 0 fully saturated rings. The van der Waals surface area contributed by atoms with Gasteiger partial charge in [-0.25, -0.2) is 4.98 Å². The van der Waals surface area contributed by atoms with Crippen molar-refractivity contribution in [1.29, 1.82) is 0 Å². The maximum absolute atomic E-state index is 5.59. The van der Waals surface area contributed by atoms with Crippen LogP contribution in [0, 0.1) is 13.1 Å². The van der Waals surface area contributed by atoms with Crippen LogP contribution in [0.25, 0.3) is 0 Å². The highest BCUT2D eigenvalue weighted by molar-refractivity contribution is 5.59. The summed E-state index contributed by atoms with van der Waals surface area (Å²) in [6.45, 7) is 8.18. The van der Waals surface area contributed by atoms with Gasteiger partial charge >= 0.3 is 0 Å². The Hall–Kier alpha value is -1.25. The van der Waals surface area contributed by atoms with Gasteiger partial charge in [0, 0.05) is 11.7 Å². The minimum absolute atomic E-state index is 0.595. The first-order valence-electron chi connectivity index (χ1n) is 6.05. The molecule has 2 heterocycles. The predicted octanol–water partition coefficient (Wildman–Crippen LogP) is 2.58. The number of hydrogen-bond acceptors (Lipinski definition) is 3. The molecule has 0 spiro atoms. The summed E-state index contributed by atoms with van der Waals surface area (Å²) in [5, 5.41) is 0.